The largest absolute Gasteiger partial charge is 0.338 e. The Balaban J connectivity index is 2.56. The minimum atomic E-state index is 0.0677. The maximum absolute atomic E-state index is 11.4. The first-order valence-corrected chi connectivity index (χ1v) is 4.74. The van der Waals surface area contributed by atoms with Crippen molar-refractivity contribution in [2.45, 2.75) is 45.2 Å². The zero-order valence-corrected chi connectivity index (χ0v) is 7.92. The fourth-order valence-corrected chi connectivity index (χ4v) is 1.84. The van der Waals surface area contributed by atoms with Gasteiger partial charge >= 0.3 is 0 Å². The van der Waals surface area contributed by atoms with Gasteiger partial charge in [-0.3, -0.25) is 4.79 Å². The number of nitrogens with two attached hydrogens (primary N) is 1. The predicted molar refractivity (Wildman–Crippen MR) is 48.7 cm³/mol. The van der Waals surface area contributed by atoms with Crippen LogP contribution in [0.3, 0.4) is 0 Å². The van der Waals surface area contributed by atoms with Gasteiger partial charge in [0.05, 0.1) is 0 Å². The summed E-state index contributed by atoms with van der Waals surface area (Å²) in [6.07, 6.45) is 2.61. The highest BCUT2D eigenvalue weighted by molar-refractivity contribution is 5.79. The van der Waals surface area contributed by atoms with E-state index in [1.165, 1.54) is 0 Å². The van der Waals surface area contributed by atoms with Crippen LogP contribution in [0.15, 0.2) is 0 Å². The molecule has 0 aromatic rings. The van der Waals surface area contributed by atoms with Gasteiger partial charge < -0.3 is 10.6 Å². The molecule has 0 aromatic heterocycles. The number of carbonyl (C=O) groups excluding carboxylic acids is 1. The van der Waals surface area contributed by atoms with Gasteiger partial charge in [-0.15, -0.1) is 0 Å². The van der Waals surface area contributed by atoms with Crippen LogP contribution in [-0.2, 0) is 4.79 Å². The van der Waals surface area contributed by atoms with Crippen molar-refractivity contribution in [3.63, 3.8) is 0 Å². The van der Waals surface area contributed by atoms with Crippen molar-refractivity contribution >= 4 is 5.91 Å². The molecule has 70 valence electrons. The lowest BCUT2D eigenvalue weighted by Crippen LogP contribution is -2.37. The molecular formula is C9H18N2O. The average molecular weight is 170 g/mol. The Hall–Kier alpha value is -0.570. The van der Waals surface area contributed by atoms with Crippen molar-refractivity contribution in [3.05, 3.63) is 0 Å². The molecule has 1 aliphatic rings. The van der Waals surface area contributed by atoms with E-state index < -0.39 is 0 Å². The van der Waals surface area contributed by atoms with Crippen LogP contribution >= 0.6 is 0 Å². The minimum Gasteiger partial charge on any atom is -0.338 e. The Labute approximate surface area is 73.9 Å². The predicted octanol–water partition coefficient (Wildman–Crippen LogP) is 0.735. The Morgan fingerprint density at radius 3 is 2.50 bits per heavy atom. The summed E-state index contributed by atoms with van der Waals surface area (Å²) >= 11 is 0. The van der Waals surface area contributed by atoms with Crippen molar-refractivity contribution in [1.82, 2.24) is 4.90 Å². The molecule has 1 amide bonds. The lowest BCUT2D eigenvalue weighted by Gasteiger charge is -2.25. The van der Waals surface area contributed by atoms with Crippen molar-refractivity contribution < 1.29 is 4.79 Å². The van der Waals surface area contributed by atoms with Crippen LogP contribution in [0.1, 0.15) is 33.1 Å². The smallest absolute Gasteiger partial charge is 0.224 e. The molecule has 1 heterocycles. The average Bonchev–Trinajstić information content (AvgIpc) is 2.34. The molecule has 1 atom stereocenters. The molecule has 1 unspecified atom stereocenters. The van der Waals surface area contributed by atoms with Crippen molar-refractivity contribution in [3.8, 4) is 0 Å². The summed E-state index contributed by atoms with van der Waals surface area (Å²) in [6.45, 7) is 4.99. The van der Waals surface area contributed by atoms with Crippen LogP contribution in [0.25, 0.3) is 0 Å². The monoisotopic (exact) mass is 170 g/mol. The molecule has 1 fully saturated rings. The SMILES string of the molecule is CCC(CC)N1CC(N)CC1=O. The van der Waals surface area contributed by atoms with Gasteiger partial charge in [-0.2, -0.15) is 0 Å². The first-order chi connectivity index (χ1) is 5.69. The number of amides is 1. The van der Waals surface area contributed by atoms with Gasteiger partial charge in [-0.25, -0.2) is 0 Å². The molecule has 0 aromatic carbocycles. The fourth-order valence-electron chi connectivity index (χ4n) is 1.84. The third-order valence-corrected chi connectivity index (χ3v) is 2.57. The topological polar surface area (TPSA) is 46.3 Å². The van der Waals surface area contributed by atoms with Crippen LogP contribution in [0.5, 0.6) is 0 Å². The highest BCUT2D eigenvalue weighted by Crippen LogP contribution is 2.16. The third-order valence-electron chi connectivity index (χ3n) is 2.57. The molecule has 0 spiro atoms. The van der Waals surface area contributed by atoms with Crippen LogP contribution in [0, 0.1) is 0 Å². The van der Waals surface area contributed by atoms with Crippen molar-refractivity contribution in [1.29, 1.82) is 0 Å². The molecule has 2 N–H and O–H groups in total. The van der Waals surface area contributed by atoms with Crippen LogP contribution in [0.2, 0.25) is 0 Å². The molecule has 1 rings (SSSR count). The standard InChI is InChI=1S/C9H18N2O/c1-3-8(4-2)11-6-7(10)5-9(11)12/h7-8H,3-6,10H2,1-2H3. The van der Waals surface area contributed by atoms with Crippen molar-refractivity contribution in [2.75, 3.05) is 6.54 Å². The van der Waals surface area contributed by atoms with E-state index in [4.69, 9.17) is 5.73 Å². The van der Waals surface area contributed by atoms with E-state index in [1.54, 1.807) is 0 Å². The Morgan fingerprint density at radius 1 is 1.58 bits per heavy atom. The number of hydrogen-bond donors (Lipinski definition) is 1. The zero-order valence-electron chi connectivity index (χ0n) is 7.92. The van der Waals surface area contributed by atoms with Gasteiger partial charge in [0.15, 0.2) is 0 Å². The second kappa shape index (κ2) is 3.90. The molecule has 1 saturated heterocycles. The van der Waals surface area contributed by atoms with Crippen LogP contribution in [0.4, 0.5) is 0 Å². The number of rotatable bonds is 3. The van der Waals surface area contributed by atoms with Gasteiger partial charge in [0, 0.05) is 25.0 Å². The number of nitrogens with zero attached hydrogens (tertiary/aromatic N) is 1. The normalized spacial score (nSPS) is 24.2. The molecule has 1 aliphatic heterocycles. The molecule has 3 heteroatoms. The second-order valence-electron chi connectivity index (χ2n) is 3.48. The second-order valence-corrected chi connectivity index (χ2v) is 3.48. The van der Waals surface area contributed by atoms with E-state index in [1.807, 2.05) is 4.90 Å². The van der Waals surface area contributed by atoms with E-state index in [0.717, 1.165) is 19.4 Å². The lowest BCUT2D eigenvalue weighted by atomic mass is 10.1. The van der Waals surface area contributed by atoms with E-state index in [9.17, 15) is 4.79 Å². The number of likely N-dealkylation sites (tertiary alicyclic amines) is 1. The van der Waals surface area contributed by atoms with E-state index in [2.05, 4.69) is 13.8 Å². The molecule has 12 heavy (non-hydrogen) atoms. The maximum Gasteiger partial charge on any atom is 0.224 e. The number of carbonyl (C=O) groups is 1. The summed E-state index contributed by atoms with van der Waals surface area (Å²) in [4.78, 5) is 13.3. The summed E-state index contributed by atoms with van der Waals surface area (Å²) in [5.74, 6) is 0.233. The summed E-state index contributed by atoms with van der Waals surface area (Å²) in [6, 6.07) is 0.476. The van der Waals surface area contributed by atoms with Crippen molar-refractivity contribution in [2.24, 2.45) is 5.73 Å². The molecule has 3 nitrogen and oxygen atoms in total. The number of hydrogen-bond acceptors (Lipinski definition) is 2. The Morgan fingerprint density at radius 2 is 2.17 bits per heavy atom. The van der Waals surface area contributed by atoms with Gasteiger partial charge in [0.2, 0.25) is 5.91 Å². The summed E-state index contributed by atoms with van der Waals surface area (Å²) < 4.78 is 0. The molecule has 0 saturated carbocycles. The highest BCUT2D eigenvalue weighted by Gasteiger charge is 2.30. The Bertz CT molecular complexity index is 166. The van der Waals surface area contributed by atoms with E-state index in [-0.39, 0.29) is 11.9 Å². The van der Waals surface area contributed by atoms with Gasteiger partial charge in [-0.1, -0.05) is 13.8 Å². The first-order valence-electron chi connectivity index (χ1n) is 4.74. The summed E-state index contributed by atoms with van der Waals surface area (Å²) in [5, 5.41) is 0. The van der Waals surface area contributed by atoms with E-state index in [0.29, 0.717) is 12.5 Å². The first kappa shape index (κ1) is 9.52. The maximum atomic E-state index is 11.4. The van der Waals surface area contributed by atoms with E-state index >= 15 is 0 Å². The summed E-state index contributed by atoms with van der Waals surface area (Å²) in [7, 11) is 0. The molecular weight excluding hydrogens is 152 g/mol. The minimum absolute atomic E-state index is 0.0677. The van der Waals surface area contributed by atoms with Gasteiger partial charge in [0.25, 0.3) is 0 Å². The third kappa shape index (κ3) is 1.78. The van der Waals surface area contributed by atoms with Crippen LogP contribution in [-0.4, -0.2) is 29.4 Å². The molecule has 0 radical (unpaired) electrons. The van der Waals surface area contributed by atoms with Gasteiger partial charge in [-0.05, 0) is 12.8 Å². The molecule has 0 aliphatic carbocycles. The lowest BCUT2D eigenvalue weighted by molar-refractivity contribution is -0.129. The quantitative estimate of drug-likeness (QED) is 0.679. The Kier molecular flexibility index (Phi) is 3.09. The zero-order chi connectivity index (χ0) is 9.14. The fraction of sp³-hybridized carbons (Fsp3) is 0.889. The van der Waals surface area contributed by atoms with Gasteiger partial charge in [0.1, 0.15) is 0 Å². The highest BCUT2D eigenvalue weighted by atomic mass is 16.2. The van der Waals surface area contributed by atoms with Crippen LogP contribution < -0.4 is 5.73 Å². The summed E-state index contributed by atoms with van der Waals surface area (Å²) in [5.41, 5.74) is 5.70. The molecule has 0 bridgehead atoms.